The fourth-order valence-electron chi connectivity index (χ4n) is 1.98. The van der Waals surface area contributed by atoms with Crippen molar-refractivity contribution in [1.82, 2.24) is 15.2 Å². The van der Waals surface area contributed by atoms with Crippen LogP contribution >= 0.6 is 46.9 Å². The lowest BCUT2D eigenvalue weighted by atomic mass is 10.3. The number of thiazole rings is 1. The minimum Gasteiger partial charge on any atom is -0.492 e. The van der Waals surface area contributed by atoms with Gasteiger partial charge in [0.25, 0.3) is 0 Å². The summed E-state index contributed by atoms with van der Waals surface area (Å²) in [5, 5.41) is 5.11. The number of ether oxygens (including phenoxy) is 1. The number of benzene rings is 1. The van der Waals surface area contributed by atoms with E-state index >= 15 is 0 Å². The van der Waals surface area contributed by atoms with E-state index in [1.165, 1.54) is 4.88 Å². The highest BCUT2D eigenvalue weighted by atomic mass is 127. The summed E-state index contributed by atoms with van der Waals surface area (Å²) in [6, 6.07) is 7.36. The van der Waals surface area contributed by atoms with Gasteiger partial charge >= 0.3 is 0 Å². The lowest BCUT2D eigenvalue weighted by Gasteiger charge is -2.21. The van der Waals surface area contributed by atoms with Gasteiger partial charge in [-0.2, -0.15) is 0 Å². The second-order valence-corrected chi connectivity index (χ2v) is 6.73. The fourth-order valence-corrected chi connectivity index (χ4v) is 2.84. The molecule has 0 unspecified atom stereocenters. The van der Waals surface area contributed by atoms with Crippen molar-refractivity contribution in [2.24, 2.45) is 4.99 Å². The minimum absolute atomic E-state index is 0. The second kappa shape index (κ2) is 10.7. The van der Waals surface area contributed by atoms with Crippen LogP contribution in [-0.4, -0.2) is 43.1 Å². The highest BCUT2D eigenvalue weighted by Crippen LogP contribution is 2.15. The molecule has 0 spiro atoms. The van der Waals surface area contributed by atoms with Crippen LogP contribution in [-0.2, 0) is 6.54 Å². The van der Waals surface area contributed by atoms with Gasteiger partial charge in [-0.25, -0.2) is 4.98 Å². The maximum atomic E-state index is 5.85. The number of halogens is 2. The molecule has 8 heteroatoms. The van der Waals surface area contributed by atoms with Crippen LogP contribution in [0, 0.1) is 6.92 Å². The average Bonchev–Trinajstić information content (AvgIpc) is 2.95. The number of likely N-dealkylation sites (N-methyl/N-ethyl adjacent to an activating group) is 1. The molecule has 0 aliphatic carbocycles. The number of hydrogen-bond acceptors (Lipinski definition) is 4. The lowest BCUT2D eigenvalue weighted by Crippen LogP contribution is -2.40. The molecule has 5 nitrogen and oxygen atoms in total. The number of guanidine groups is 1. The Morgan fingerprint density at radius 2 is 2.08 bits per heavy atom. The number of nitrogens with one attached hydrogen (secondary N) is 1. The predicted octanol–water partition coefficient (Wildman–Crippen LogP) is 3.81. The molecule has 2 aromatic rings. The molecule has 2 rings (SSSR count). The first-order valence-electron chi connectivity index (χ1n) is 7.30. The summed E-state index contributed by atoms with van der Waals surface area (Å²) >= 11 is 7.54. The van der Waals surface area contributed by atoms with Gasteiger partial charge in [-0.3, -0.25) is 4.99 Å². The molecular weight excluding hydrogens is 459 g/mol. The molecule has 0 saturated heterocycles. The SMILES string of the molecule is CN=C(NCc1cnc(C)s1)N(C)CCOc1ccc(Cl)cc1.I. The van der Waals surface area contributed by atoms with Crippen molar-refractivity contribution in [3.05, 3.63) is 45.4 Å². The van der Waals surface area contributed by atoms with Crippen molar-refractivity contribution in [3.8, 4) is 5.75 Å². The molecular formula is C16H22ClIN4OS. The van der Waals surface area contributed by atoms with Crippen molar-refractivity contribution in [1.29, 1.82) is 0 Å². The average molecular weight is 481 g/mol. The van der Waals surface area contributed by atoms with Crippen molar-refractivity contribution in [2.75, 3.05) is 27.2 Å². The van der Waals surface area contributed by atoms with Crippen LogP contribution in [0.1, 0.15) is 9.88 Å². The van der Waals surface area contributed by atoms with Crippen molar-refractivity contribution < 1.29 is 4.74 Å². The number of hydrogen-bond donors (Lipinski definition) is 1. The van der Waals surface area contributed by atoms with E-state index in [2.05, 4.69) is 15.3 Å². The van der Waals surface area contributed by atoms with Crippen LogP contribution in [0.25, 0.3) is 0 Å². The maximum Gasteiger partial charge on any atom is 0.193 e. The first-order valence-corrected chi connectivity index (χ1v) is 8.49. The zero-order valence-corrected chi connectivity index (χ0v) is 17.9. The van der Waals surface area contributed by atoms with Crippen LogP contribution < -0.4 is 10.1 Å². The monoisotopic (exact) mass is 480 g/mol. The first-order chi connectivity index (χ1) is 11.1. The third-order valence-electron chi connectivity index (χ3n) is 3.17. The Morgan fingerprint density at radius 1 is 1.38 bits per heavy atom. The topological polar surface area (TPSA) is 49.8 Å². The molecule has 0 radical (unpaired) electrons. The van der Waals surface area contributed by atoms with E-state index in [0.29, 0.717) is 11.6 Å². The number of rotatable bonds is 6. The maximum absolute atomic E-state index is 5.85. The number of aromatic nitrogens is 1. The van der Waals surface area contributed by atoms with E-state index in [1.807, 2.05) is 49.3 Å². The molecule has 1 aromatic heterocycles. The summed E-state index contributed by atoms with van der Waals surface area (Å²) < 4.78 is 5.70. The molecule has 0 aliphatic heterocycles. The highest BCUT2D eigenvalue weighted by molar-refractivity contribution is 14.0. The first kappa shape index (κ1) is 21.0. The van der Waals surface area contributed by atoms with Crippen molar-refractivity contribution >= 4 is 52.9 Å². The molecule has 0 atom stereocenters. The van der Waals surface area contributed by atoms with E-state index in [1.54, 1.807) is 18.4 Å². The van der Waals surface area contributed by atoms with Gasteiger partial charge in [0.15, 0.2) is 5.96 Å². The zero-order valence-electron chi connectivity index (χ0n) is 14.0. The van der Waals surface area contributed by atoms with Crippen LogP contribution in [0.15, 0.2) is 35.5 Å². The molecule has 1 N–H and O–H groups in total. The summed E-state index contributed by atoms with van der Waals surface area (Å²) in [6.07, 6.45) is 1.89. The summed E-state index contributed by atoms with van der Waals surface area (Å²) in [6.45, 7) is 4.02. The molecule has 1 aromatic carbocycles. The molecule has 0 bridgehead atoms. The standard InChI is InChI=1S/C16H21ClN4OS.HI/c1-12-19-10-15(23-12)11-20-16(18-2)21(3)8-9-22-14-6-4-13(17)5-7-14;/h4-7,10H,8-9,11H2,1-3H3,(H,18,20);1H. The van der Waals surface area contributed by atoms with E-state index in [4.69, 9.17) is 16.3 Å². The minimum atomic E-state index is 0. The summed E-state index contributed by atoms with van der Waals surface area (Å²) in [4.78, 5) is 11.8. The quantitative estimate of drug-likeness (QED) is 0.388. The third-order valence-corrected chi connectivity index (χ3v) is 4.34. The van der Waals surface area contributed by atoms with Gasteiger partial charge in [0, 0.05) is 30.2 Å². The van der Waals surface area contributed by atoms with E-state index < -0.39 is 0 Å². The van der Waals surface area contributed by atoms with Gasteiger partial charge in [0.05, 0.1) is 18.1 Å². The largest absolute Gasteiger partial charge is 0.492 e. The lowest BCUT2D eigenvalue weighted by molar-refractivity contribution is 0.281. The molecule has 0 saturated carbocycles. The van der Waals surface area contributed by atoms with Gasteiger partial charge in [0.2, 0.25) is 0 Å². The predicted molar refractivity (Wildman–Crippen MR) is 112 cm³/mol. The normalized spacial score (nSPS) is 10.9. The van der Waals surface area contributed by atoms with E-state index in [9.17, 15) is 0 Å². The molecule has 132 valence electrons. The van der Waals surface area contributed by atoms with Gasteiger partial charge in [0.1, 0.15) is 12.4 Å². The van der Waals surface area contributed by atoms with Crippen LogP contribution in [0.2, 0.25) is 5.02 Å². The number of nitrogens with zero attached hydrogens (tertiary/aromatic N) is 3. The van der Waals surface area contributed by atoms with E-state index in [-0.39, 0.29) is 24.0 Å². The third kappa shape index (κ3) is 6.82. The van der Waals surface area contributed by atoms with Crippen molar-refractivity contribution in [3.63, 3.8) is 0 Å². The summed E-state index contributed by atoms with van der Waals surface area (Å²) in [5.74, 6) is 1.64. The van der Waals surface area contributed by atoms with E-state index in [0.717, 1.165) is 29.8 Å². The molecule has 0 amide bonds. The smallest absolute Gasteiger partial charge is 0.193 e. The van der Waals surface area contributed by atoms with Gasteiger partial charge in [-0.15, -0.1) is 35.3 Å². The number of aliphatic imine (C=N–C) groups is 1. The van der Waals surface area contributed by atoms with Crippen LogP contribution in [0.3, 0.4) is 0 Å². The van der Waals surface area contributed by atoms with Crippen LogP contribution in [0.5, 0.6) is 5.75 Å². The molecule has 0 fully saturated rings. The van der Waals surface area contributed by atoms with Crippen LogP contribution in [0.4, 0.5) is 0 Å². The summed E-state index contributed by atoms with van der Waals surface area (Å²) in [7, 11) is 3.76. The summed E-state index contributed by atoms with van der Waals surface area (Å²) in [5.41, 5.74) is 0. The van der Waals surface area contributed by atoms with Gasteiger partial charge < -0.3 is 15.0 Å². The van der Waals surface area contributed by atoms with Crippen molar-refractivity contribution in [2.45, 2.75) is 13.5 Å². The Hall–Kier alpha value is -1.06. The zero-order chi connectivity index (χ0) is 16.7. The van der Waals surface area contributed by atoms with Gasteiger partial charge in [-0.1, -0.05) is 11.6 Å². The molecule has 0 aliphatic rings. The second-order valence-electron chi connectivity index (χ2n) is 4.97. The van der Waals surface area contributed by atoms with Gasteiger partial charge in [-0.05, 0) is 31.2 Å². The Labute approximate surface area is 169 Å². The Kier molecular flexibility index (Phi) is 9.38. The fraction of sp³-hybridized carbons (Fsp3) is 0.375. The molecule has 1 heterocycles. The Bertz CT molecular complexity index is 648. The Balaban J connectivity index is 0.00000288. The molecule has 24 heavy (non-hydrogen) atoms. The highest BCUT2D eigenvalue weighted by Gasteiger charge is 2.07. The number of aryl methyl sites for hydroxylation is 1. The Morgan fingerprint density at radius 3 is 2.67 bits per heavy atom.